The number of ether oxygens (including phenoxy) is 3. The minimum Gasteiger partial charge on any atom is -0.493 e. The summed E-state index contributed by atoms with van der Waals surface area (Å²) < 4.78 is 40.3. The van der Waals surface area contributed by atoms with Gasteiger partial charge in [-0.2, -0.15) is 0 Å². The molecule has 0 saturated heterocycles. The van der Waals surface area contributed by atoms with Gasteiger partial charge < -0.3 is 14.2 Å². The molecule has 1 aromatic carbocycles. The van der Waals surface area contributed by atoms with Crippen molar-refractivity contribution >= 4 is 9.84 Å². The largest absolute Gasteiger partial charge is 0.493 e. The first-order valence-corrected chi connectivity index (χ1v) is 9.42. The number of methoxy groups -OCH3 is 2. The second kappa shape index (κ2) is 6.57. The van der Waals surface area contributed by atoms with E-state index >= 15 is 0 Å². The van der Waals surface area contributed by atoms with Gasteiger partial charge in [0.05, 0.1) is 20.1 Å². The highest BCUT2D eigenvalue weighted by Gasteiger charge is 2.35. The minimum atomic E-state index is -3.10. The maximum Gasteiger partial charge on any atom is 0.164 e. The third-order valence-electron chi connectivity index (χ3n) is 3.96. The smallest absolute Gasteiger partial charge is 0.164 e. The normalized spacial score (nSPS) is 19.6. The summed E-state index contributed by atoms with van der Waals surface area (Å²) in [7, 11) is 0.0474. The van der Waals surface area contributed by atoms with E-state index in [0.717, 1.165) is 5.56 Å². The first-order valence-electron chi connectivity index (χ1n) is 7.60. The van der Waals surface area contributed by atoms with Crippen molar-refractivity contribution in [1.82, 2.24) is 5.32 Å². The van der Waals surface area contributed by atoms with Gasteiger partial charge >= 0.3 is 0 Å². The number of sulfone groups is 1. The Morgan fingerprint density at radius 1 is 1.26 bits per heavy atom. The van der Waals surface area contributed by atoms with Crippen molar-refractivity contribution in [2.45, 2.75) is 38.8 Å². The Balaban J connectivity index is 2.38. The zero-order chi connectivity index (χ0) is 17.3. The summed E-state index contributed by atoms with van der Waals surface area (Å²) in [6.45, 7) is 5.61. The van der Waals surface area contributed by atoms with Crippen LogP contribution in [0.15, 0.2) is 12.1 Å². The molecular formula is C16H25NO5S. The van der Waals surface area contributed by atoms with E-state index < -0.39 is 15.4 Å². The zero-order valence-electron chi connectivity index (χ0n) is 14.3. The molecule has 130 valence electrons. The fourth-order valence-electron chi connectivity index (χ4n) is 2.69. The molecule has 7 heteroatoms. The van der Waals surface area contributed by atoms with Crippen LogP contribution in [0.25, 0.3) is 0 Å². The molecule has 1 aliphatic heterocycles. The molecule has 0 saturated carbocycles. The van der Waals surface area contributed by atoms with Crippen LogP contribution >= 0.6 is 0 Å². The monoisotopic (exact) mass is 343 g/mol. The van der Waals surface area contributed by atoms with Gasteiger partial charge in [-0.05, 0) is 19.9 Å². The number of hydrogen-bond acceptors (Lipinski definition) is 6. The van der Waals surface area contributed by atoms with Crippen LogP contribution < -0.4 is 19.5 Å². The Morgan fingerprint density at radius 2 is 1.87 bits per heavy atom. The predicted molar refractivity (Wildman–Crippen MR) is 89.1 cm³/mol. The quantitative estimate of drug-likeness (QED) is 0.854. The Labute approximate surface area is 138 Å². The number of fused-ring (bicyclic) bond motifs is 1. The second-order valence-electron chi connectivity index (χ2n) is 6.24. The standard InChI is InChI=1S/C16H25NO5S/c1-6-23(18,19)10-17-12-9-16(2,3)22-13-8-15(21-5)14(20-4)7-11(12)13/h7-8,12,17H,6,9-10H2,1-5H3. The summed E-state index contributed by atoms with van der Waals surface area (Å²) >= 11 is 0. The Morgan fingerprint density at radius 3 is 2.43 bits per heavy atom. The lowest BCUT2D eigenvalue weighted by molar-refractivity contribution is 0.0665. The highest BCUT2D eigenvalue weighted by molar-refractivity contribution is 7.91. The van der Waals surface area contributed by atoms with E-state index in [9.17, 15) is 8.42 Å². The van der Waals surface area contributed by atoms with Crippen LogP contribution in [-0.4, -0.2) is 39.9 Å². The molecule has 1 N–H and O–H groups in total. The summed E-state index contributed by atoms with van der Waals surface area (Å²) in [5, 5.41) is 3.15. The van der Waals surface area contributed by atoms with E-state index in [0.29, 0.717) is 23.7 Å². The van der Waals surface area contributed by atoms with Gasteiger partial charge in [-0.25, -0.2) is 8.42 Å². The van der Waals surface area contributed by atoms with Crippen molar-refractivity contribution in [3.05, 3.63) is 17.7 Å². The van der Waals surface area contributed by atoms with Crippen molar-refractivity contribution < 1.29 is 22.6 Å². The van der Waals surface area contributed by atoms with Crippen molar-refractivity contribution in [3.63, 3.8) is 0 Å². The van der Waals surface area contributed by atoms with Gasteiger partial charge in [-0.15, -0.1) is 0 Å². The highest BCUT2D eigenvalue weighted by Crippen LogP contribution is 2.44. The summed E-state index contributed by atoms with van der Waals surface area (Å²) in [5.74, 6) is 1.93. The Hall–Kier alpha value is -1.47. The van der Waals surface area contributed by atoms with E-state index in [-0.39, 0.29) is 17.7 Å². The third kappa shape index (κ3) is 4.09. The first-order chi connectivity index (χ1) is 10.7. The lowest BCUT2D eigenvalue weighted by Crippen LogP contribution is -2.41. The first kappa shape index (κ1) is 17.9. The van der Waals surface area contributed by atoms with E-state index in [2.05, 4.69) is 5.32 Å². The van der Waals surface area contributed by atoms with Crippen LogP contribution in [0, 0.1) is 0 Å². The van der Waals surface area contributed by atoms with Crippen molar-refractivity contribution in [2.24, 2.45) is 0 Å². The van der Waals surface area contributed by atoms with Gasteiger partial charge in [0.25, 0.3) is 0 Å². The van der Waals surface area contributed by atoms with Crippen LogP contribution in [0.1, 0.15) is 38.8 Å². The summed E-state index contributed by atoms with van der Waals surface area (Å²) in [5.41, 5.74) is 0.480. The Bertz CT molecular complexity index is 669. The maximum atomic E-state index is 11.8. The molecule has 1 unspecified atom stereocenters. The fourth-order valence-corrected chi connectivity index (χ4v) is 3.35. The molecule has 0 radical (unpaired) electrons. The van der Waals surface area contributed by atoms with Crippen LogP contribution in [0.4, 0.5) is 0 Å². The van der Waals surface area contributed by atoms with Gasteiger partial charge in [0.15, 0.2) is 21.3 Å². The number of hydrogen-bond donors (Lipinski definition) is 1. The third-order valence-corrected chi connectivity index (χ3v) is 5.45. The van der Waals surface area contributed by atoms with Gasteiger partial charge in [0, 0.05) is 29.8 Å². The molecule has 1 atom stereocenters. The SMILES string of the molecule is CCS(=O)(=O)CNC1CC(C)(C)Oc2cc(OC)c(OC)cc21. The molecule has 0 bridgehead atoms. The lowest BCUT2D eigenvalue weighted by Gasteiger charge is -2.38. The molecular weight excluding hydrogens is 318 g/mol. The number of rotatable bonds is 6. The predicted octanol–water partition coefficient (Wildman–Crippen LogP) is 2.29. The minimum absolute atomic E-state index is 0.0575. The molecule has 0 amide bonds. The zero-order valence-corrected chi connectivity index (χ0v) is 15.1. The lowest BCUT2D eigenvalue weighted by atomic mass is 9.89. The molecule has 1 aromatic rings. The van der Waals surface area contributed by atoms with Crippen molar-refractivity contribution in [2.75, 3.05) is 25.8 Å². The van der Waals surface area contributed by atoms with Gasteiger partial charge in [0.2, 0.25) is 0 Å². The second-order valence-corrected chi connectivity index (χ2v) is 8.60. The molecule has 1 aliphatic rings. The molecule has 0 fully saturated rings. The van der Waals surface area contributed by atoms with E-state index in [1.54, 1.807) is 27.2 Å². The van der Waals surface area contributed by atoms with E-state index in [1.807, 2.05) is 19.9 Å². The molecule has 0 aliphatic carbocycles. The average Bonchev–Trinajstić information content (AvgIpc) is 2.50. The summed E-state index contributed by atoms with van der Waals surface area (Å²) in [6, 6.07) is 3.51. The summed E-state index contributed by atoms with van der Waals surface area (Å²) in [4.78, 5) is 0. The summed E-state index contributed by atoms with van der Waals surface area (Å²) in [6.07, 6.45) is 0.661. The van der Waals surface area contributed by atoms with Gasteiger partial charge in [0.1, 0.15) is 11.4 Å². The van der Waals surface area contributed by atoms with Crippen LogP contribution in [0.5, 0.6) is 17.2 Å². The van der Waals surface area contributed by atoms with Crippen LogP contribution in [0.3, 0.4) is 0 Å². The fraction of sp³-hybridized carbons (Fsp3) is 0.625. The highest BCUT2D eigenvalue weighted by atomic mass is 32.2. The number of benzene rings is 1. The molecule has 6 nitrogen and oxygen atoms in total. The molecule has 23 heavy (non-hydrogen) atoms. The Kier molecular flexibility index (Phi) is 5.10. The van der Waals surface area contributed by atoms with Gasteiger partial charge in [-0.1, -0.05) is 6.92 Å². The maximum absolute atomic E-state index is 11.8. The van der Waals surface area contributed by atoms with E-state index in [4.69, 9.17) is 14.2 Å². The topological polar surface area (TPSA) is 73.9 Å². The van der Waals surface area contributed by atoms with E-state index in [1.165, 1.54) is 0 Å². The average molecular weight is 343 g/mol. The van der Waals surface area contributed by atoms with Crippen molar-refractivity contribution in [3.8, 4) is 17.2 Å². The van der Waals surface area contributed by atoms with Crippen LogP contribution in [0.2, 0.25) is 0 Å². The van der Waals surface area contributed by atoms with Gasteiger partial charge in [-0.3, -0.25) is 5.32 Å². The van der Waals surface area contributed by atoms with Crippen molar-refractivity contribution in [1.29, 1.82) is 0 Å². The molecule has 1 heterocycles. The molecule has 2 rings (SSSR count). The molecule has 0 spiro atoms. The molecule has 0 aromatic heterocycles. The number of nitrogens with one attached hydrogen (secondary N) is 1. The van der Waals surface area contributed by atoms with Crippen LogP contribution in [-0.2, 0) is 9.84 Å².